The lowest BCUT2D eigenvalue weighted by molar-refractivity contribution is 0.100. The average molecular weight is 245 g/mol. The van der Waals surface area contributed by atoms with E-state index in [2.05, 4.69) is 5.32 Å². The minimum Gasteiger partial charge on any atom is -0.465 e. The zero-order chi connectivity index (χ0) is 13.1. The molecule has 1 amide bonds. The van der Waals surface area contributed by atoms with E-state index in [9.17, 15) is 4.79 Å². The Bertz CT molecular complexity index is 575. The van der Waals surface area contributed by atoms with Crippen molar-refractivity contribution >= 4 is 17.3 Å². The van der Waals surface area contributed by atoms with Gasteiger partial charge in [0, 0.05) is 5.56 Å². The van der Waals surface area contributed by atoms with E-state index in [1.54, 1.807) is 18.2 Å². The van der Waals surface area contributed by atoms with Gasteiger partial charge in [0.2, 0.25) is 5.91 Å². The van der Waals surface area contributed by atoms with Gasteiger partial charge in [0.15, 0.2) is 0 Å². The van der Waals surface area contributed by atoms with E-state index in [1.807, 2.05) is 19.1 Å². The highest BCUT2D eigenvalue weighted by Crippen LogP contribution is 2.21. The fourth-order valence-corrected chi connectivity index (χ4v) is 1.63. The molecule has 0 bridgehead atoms. The van der Waals surface area contributed by atoms with E-state index in [0.717, 1.165) is 11.5 Å². The Balaban J connectivity index is 2.13. The molecule has 0 saturated heterocycles. The van der Waals surface area contributed by atoms with Gasteiger partial charge in [-0.15, -0.1) is 0 Å². The Labute approximate surface area is 105 Å². The Morgan fingerprint density at radius 2 is 2.11 bits per heavy atom. The second-order valence-corrected chi connectivity index (χ2v) is 4.03. The van der Waals surface area contributed by atoms with Crippen LogP contribution in [0.15, 0.2) is 34.7 Å². The molecule has 0 aliphatic carbocycles. The van der Waals surface area contributed by atoms with Gasteiger partial charge in [-0.2, -0.15) is 0 Å². The lowest BCUT2D eigenvalue weighted by atomic mass is 10.1. The third-order valence-electron chi connectivity index (χ3n) is 2.59. The van der Waals surface area contributed by atoms with Crippen molar-refractivity contribution in [3.8, 4) is 0 Å². The van der Waals surface area contributed by atoms with E-state index in [-0.39, 0.29) is 0 Å². The molecule has 0 atom stereocenters. The van der Waals surface area contributed by atoms with Gasteiger partial charge < -0.3 is 21.2 Å². The maximum Gasteiger partial charge on any atom is 0.248 e. The normalized spacial score (nSPS) is 10.3. The molecule has 0 radical (unpaired) electrons. The van der Waals surface area contributed by atoms with E-state index < -0.39 is 5.91 Å². The van der Waals surface area contributed by atoms with Crippen molar-refractivity contribution in [1.82, 2.24) is 0 Å². The second-order valence-electron chi connectivity index (χ2n) is 4.03. The third-order valence-corrected chi connectivity index (χ3v) is 2.59. The molecule has 94 valence electrons. The Hall–Kier alpha value is -2.43. The number of anilines is 2. The predicted octanol–water partition coefficient (Wildman–Crippen LogP) is 1.88. The number of primary amides is 1. The number of carbonyl (C=O) groups is 1. The molecule has 1 heterocycles. The summed E-state index contributed by atoms with van der Waals surface area (Å²) in [4.78, 5) is 11.1. The Morgan fingerprint density at radius 1 is 1.33 bits per heavy atom. The number of hydrogen-bond acceptors (Lipinski definition) is 4. The average Bonchev–Trinajstić information content (AvgIpc) is 2.74. The van der Waals surface area contributed by atoms with Crippen LogP contribution in [0.5, 0.6) is 0 Å². The number of aryl methyl sites for hydroxylation is 1. The van der Waals surface area contributed by atoms with Crippen molar-refractivity contribution in [3.05, 3.63) is 47.4 Å². The summed E-state index contributed by atoms with van der Waals surface area (Å²) >= 11 is 0. The minimum atomic E-state index is -0.480. The van der Waals surface area contributed by atoms with Crippen molar-refractivity contribution in [2.75, 3.05) is 11.1 Å². The highest BCUT2D eigenvalue weighted by Gasteiger charge is 2.06. The fraction of sp³-hybridized carbons (Fsp3) is 0.154. The van der Waals surface area contributed by atoms with Crippen molar-refractivity contribution < 1.29 is 9.21 Å². The van der Waals surface area contributed by atoms with Gasteiger partial charge in [0.25, 0.3) is 0 Å². The van der Waals surface area contributed by atoms with Crippen LogP contribution in [-0.4, -0.2) is 5.91 Å². The summed E-state index contributed by atoms with van der Waals surface area (Å²) in [6, 6.07) is 8.65. The van der Waals surface area contributed by atoms with Crippen LogP contribution in [0.25, 0.3) is 0 Å². The minimum absolute atomic E-state index is 0.419. The van der Waals surface area contributed by atoms with E-state index >= 15 is 0 Å². The molecule has 0 fully saturated rings. The van der Waals surface area contributed by atoms with E-state index in [4.69, 9.17) is 15.9 Å². The standard InChI is InChI=1S/C13H15N3O2/c1-8-2-4-10(18-8)7-16-12-6-9(13(15)17)3-5-11(12)14/h2-6,16H,7,14H2,1H3,(H2,15,17). The first-order valence-electron chi connectivity index (χ1n) is 5.55. The van der Waals surface area contributed by atoms with Gasteiger partial charge in [-0.1, -0.05) is 0 Å². The molecule has 18 heavy (non-hydrogen) atoms. The number of benzene rings is 1. The van der Waals surface area contributed by atoms with Crippen LogP contribution in [0.1, 0.15) is 21.9 Å². The first-order chi connectivity index (χ1) is 8.56. The fourth-order valence-electron chi connectivity index (χ4n) is 1.63. The topological polar surface area (TPSA) is 94.3 Å². The molecular weight excluding hydrogens is 230 g/mol. The number of nitrogen functional groups attached to an aromatic ring is 1. The van der Waals surface area contributed by atoms with Crippen LogP contribution in [-0.2, 0) is 6.54 Å². The molecule has 0 saturated carbocycles. The van der Waals surface area contributed by atoms with Crippen LogP contribution in [0.2, 0.25) is 0 Å². The van der Waals surface area contributed by atoms with Gasteiger partial charge in [0.05, 0.1) is 17.9 Å². The summed E-state index contributed by atoms with van der Waals surface area (Å²) < 4.78 is 5.43. The van der Waals surface area contributed by atoms with Crippen molar-refractivity contribution in [2.24, 2.45) is 5.73 Å². The molecule has 1 aromatic carbocycles. The van der Waals surface area contributed by atoms with E-state index in [1.165, 1.54) is 0 Å². The molecule has 0 aliphatic rings. The Morgan fingerprint density at radius 3 is 2.72 bits per heavy atom. The number of nitrogens with one attached hydrogen (secondary N) is 1. The number of carbonyl (C=O) groups excluding carboxylic acids is 1. The van der Waals surface area contributed by atoms with Crippen LogP contribution >= 0.6 is 0 Å². The maximum atomic E-state index is 11.1. The maximum absolute atomic E-state index is 11.1. The summed E-state index contributed by atoms with van der Waals surface area (Å²) in [5, 5.41) is 3.11. The molecule has 5 heteroatoms. The van der Waals surface area contributed by atoms with Crippen molar-refractivity contribution in [2.45, 2.75) is 13.5 Å². The quantitative estimate of drug-likeness (QED) is 0.717. The first kappa shape index (κ1) is 12.0. The molecule has 5 nitrogen and oxygen atoms in total. The SMILES string of the molecule is Cc1ccc(CNc2cc(C(N)=O)ccc2N)o1. The molecule has 2 aromatic rings. The summed E-state index contributed by atoms with van der Waals surface area (Å²) in [5.41, 5.74) is 12.7. The monoisotopic (exact) mass is 245 g/mol. The first-order valence-corrected chi connectivity index (χ1v) is 5.55. The number of rotatable bonds is 4. The van der Waals surface area contributed by atoms with Gasteiger partial charge in [0.1, 0.15) is 11.5 Å². The Kier molecular flexibility index (Phi) is 3.23. The summed E-state index contributed by atoms with van der Waals surface area (Å²) in [6.07, 6.45) is 0. The van der Waals surface area contributed by atoms with Crippen LogP contribution in [0.3, 0.4) is 0 Å². The van der Waals surface area contributed by atoms with Gasteiger partial charge in [-0.25, -0.2) is 0 Å². The molecule has 0 spiro atoms. The zero-order valence-corrected chi connectivity index (χ0v) is 10.1. The van der Waals surface area contributed by atoms with Crippen molar-refractivity contribution in [1.29, 1.82) is 0 Å². The highest BCUT2D eigenvalue weighted by molar-refractivity contribution is 5.94. The van der Waals surface area contributed by atoms with Gasteiger partial charge in [-0.05, 0) is 37.3 Å². The van der Waals surface area contributed by atoms with Gasteiger partial charge >= 0.3 is 0 Å². The van der Waals surface area contributed by atoms with Gasteiger partial charge in [-0.3, -0.25) is 4.79 Å². The van der Waals surface area contributed by atoms with Crippen LogP contribution in [0.4, 0.5) is 11.4 Å². The molecule has 5 N–H and O–H groups in total. The lowest BCUT2D eigenvalue weighted by Gasteiger charge is -2.09. The highest BCUT2D eigenvalue weighted by atomic mass is 16.3. The number of furan rings is 1. The molecular formula is C13H15N3O2. The van der Waals surface area contributed by atoms with E-state index in [0.29, 0.717) is 23.5 Å². The predicted molar refractivity (Wildman–Crippen MR) is 70.1 cm³/mol. The number of hydrogen-bond donors (Lipinski definition) is 3. The van der Waals surface area contributed by atoms with Crippen LogP contribution in [0, 0.1) is 6.92 Å². The molecule has 2 rings (SSSR count). The van der Waals surface area contributed by atoms with Crippen LogP contribution < -0.4 is 16.8 Å². The zero-order valence-electron chi connectivity index (χ0n) is 10.1. The summed E-state index contributed by atoms with van der Waals surface area (Å²) in [7, 11) is 0. The number of nitrogens with two attached hydrogens (primary N) is 2. The largest absolute Gasteiger partial charge is 0.465 e. The molecule has 0 unspecified atom stereocenters. The molecule has 1 aromatic heterocycles. The summed E-state index contributed by atoms with van der Waals surface area (Å²) in [5.74, 6) is 1.17. The lowest BCUT2D eigenvalue weighted by Crippen LogP contribution is -2.12. The number of amides is 1. The van der Waals surface area contributed by atoms with Crippen molar-refractivity contribution in [3.63, 3.8) is 0 Å². The molecule has 0 aliphatic heterocycles. The third kappa shape index (κ3) is 2.63. The summed E-state index contributed by atoms with van der Waals surface area (Å²) in [6.45, 7) is 2.38. The second kappa shape index (κ2) is 4.83. The smallest absolute Gasteiger partial charge is 0.248 e.